The molecule has 37 heavy (non-hydrogen) atoms. The topological polar surface area (TPSA) is 129 Å². The summed E-state index contributed by atoms with van der Waals surface area (Å²) in [7, 11) is -2.12. The summed E-state index contributed by atoms with van der Waals surface area (Å²) in [5, 5.41) is 2.56. The van der Waals surface area contributed by atoms with E-state index in [1.807, 2.05) is 6.07 Å². The number of carbonyl (C=O) groups is 2. The predicted molar refractivity (Wildman–Crippen MR) is 135 cm³/mol. The third-order valence-corrected chi connectivity index (χ3v) is 8.03. The van der Waals surface area contributed by atoms with Crippen LogP contribution in [0.3, 0.4) is 0 Å². The summed E-state index contributed by atoms with van der Waals surface area (Å²) in [6.45, 7) is 4.09. The van der Waals surface area contributed by atoms with Gasteiger partial charge in [0.05, 0.1) is 35.1 Å². The number of sulfonamides is 1. The van der Waals surface area contributed by atoms with Crippen molar-refractivity contribution in [3.05, 3.63) is 76.2 Å². The van der Waals surface area contributed by atoms with Gasteiger partial charge in [0, 0.05) is 20.1 Å². The van der Waals surface area contributed by atoms with Crippen molar-refractivity contribution in [3.8, 4) is 5.69 Å². The van der Waals surface area contributed by atoms with Crippen LogP contribution >= 0.6 is 0 Å². The van der Waals surface area contributed by atoms with Crippen LogP contribution in [0.25, 0.3) is 5.69 Å². The van der Waals surface area contributed by atoms with Gasteiger partial charge in [-0.3, -0.25) is 14.3 Å². The highest BCUT2D eigenvalue weighted by Crippen LogP contribution is 2.20. The van der Waals surface area contributed by atoms with Gasteiger partial charge in [-0.15, -0.1) is 0 Å². The Bertz CT molecular complexity index is 1470. The molecule has 2 heterocycles. The van der Waals surface area contributed by atoms with Crippen molar-refractivity contribution in [1.82, 2.24) is 13.7 Å². The fourth-order valence-electron chi connectivity index (χ4n) is 3.94. The number of hydrogen-bond donors (Lipinski definition) is 1. The number of hydrogen-bond acceptors (Lipinski definition) is 7. The van der Waals surface area contributed by atoms with Crippen LogP contribution in [0.5, 0.6) is 0 Å². The Balaban J connectivity index is 1.48. The van der Waals surface area contributed by atoms with Gasteiger partial charge in [-0.1, -0.05) is 24.3 Å². The summed E-state index contributed by atoms with van der Waals surface area (Å²) in [6.07, 6.45) is -1.25. The van der Waals surface area contributed by atoms with E-state index < -0.39 is 33.6 Å². The minimum atomic E-state index is -3.81. The van der Waals surface area contributed by atoms with Gasteiger partial charge in [-0.2, -0.15) is 4.31 Å². The minimum Gasteiger partial charge on any atom is -0.449 e. The van der Waals surface area contributed by atoms with Gasteiger partial charge in [0.2, 0.25) is 10.0 Å². The molecule has 1 aromatic heterocycles. The summed E-state index contributed by atoms with van der Waals surface area (Å²) in [6, 6.07) is 14.4. The number of nitrogens with one attached hydrogen (secondary N) is 1. The first-order valence-corrected chi connectivity index (χ1v) is 13.1. The van der Waals surface area contributed by atoms with Crippen molar-refractivity contribution < 1.29 is 27.5 Å². The Morgan fingerprint density at radius 1 is 1.05 bits per heavy atom. The fourth-order valence-corrected chi connectivity index (χ4v) is 5.39. The SMILES string of the molecule is Cc1c(NC(=O)[C@@H](C)OC(=O)c2cccc(S(=O)(=O)N3CCOCC3)c2)c(=O)n(-c2ccccc2)n1C. The predicted octanol–water partition coefficient (Wildman–Crippen LogP) is 1.69. The summed E-state index contributed by atoms with van der Waals surface area (Å²) in [5.74, 6) is -1.57. The molecular weight excluding hydrogens is 500 g/mol. The molecule has 11 nitrogen and oxygen atoms in total. The summed E-state index contributed by atoms with van der Waals surface area (Å²) in [5.41, 5.74) is 0.764. The van der Waals surface area contributed by atoms with Gasteiger partial charge in [0.15, 0.2) is 6.10 Å². The fraction of sp³-hybridized carbons (Fsp3) is 0.320. The number of aromatic nitrogens is 2. The van der Waals surface area contributed by atoms with Crippen molar-refractivity contribution in [3.63, 3.8) is 0 Å². The lowest BCUT2D eigenvalue weighted by Gasteiger charge is -2.26. The molecule has 1 N–H and O–H groups in total. The molecule has 1 fully saturated rings. The molecule has 12 heteroatoms. The summed E-state index contributed by atoms with van der Waals surface area (Å²) in [4.78, 5) is 38.5. The molecule has 1 aliphatic heterocycles. The average molecular weight is 529 g/mol. The molecule has 0 unspecified atom stereocenters. The number of nitrogens with zero attached hydrogens (tertiary/aromatic N) is 3. The number of anilines is 1. The average Bonchev–Trinajstić information content (AvgIpc) is 3.12. The van der Waals surface area contributed by atoms with E-state index in [-0.39, 0.29) is 29.2 Å². The van der Waals surface area contributed by atoms with Gasteiger partial charge in [0.25, 0.3) is 11.5 Å². The highest BCUT2D eigenvalue weighted by molar-refractivity contribution is 7.89. The van der Waals surface area contributed by atoms with Crippen LogP contribution in [0.1, 0.15) is 23.0 Å². The van der Waals surface area contributed by atoms with E-state index in [0.29, 0.717) is 24.6 Å². The highest BCUT2D eigenvalue weighted by Gasteiger charge is 2.28. The first-order chi connectivity index (χ1) is 17.6. The van der Waals surface area contributed by atoms with E-state index in [2.05, 4.69) is 5.32 Å². The van der Waals surface area contributed by atoms with E-state index in [4.69, 9.17) is 9.47 Å². The van der Waals surface area contributed by atoms with Crippen molar-refractivity contribution in [2.45, 2.75) is 24.8 Å². The molecule has 1 atom stereocenters. The lowest BCUT2D eigenvalue weighted by Crippen LogP contribution is -2.40. The van der Waals surface area contributed by atoms with E-state index in [1.165, 1.54) is 40.2 Å². The molecule has 3 aromatic rings. The largest absolute Gasteiger partial charge is 0.449 e. The maximum Gasteiger partial charge on any atom is 0.338 e. The van der Waals surface area contributed by atoms with Gasteiger partial charge >= 0.3 is 5.97 Å². The Morgan fingerprint density at radius 3 is 2.41 bits per heavy atom. The highest BCUT2D eigenvalue weighted by atomic mass is 32.2. The third-order valence-electron chi connectivity index (χ3n) is 6.13. The second kappa shape index (κ2) is 10.7. The second-order valence-corrected chi connectivity index (χ2v) is 10.5. The van der Waals surface area contributed by atoms with Gasteiger partial charge in [-0.25, -0.2) is 17.9 Å². The van der Waals surface area contributed by atoms with Crippen molar-refractivity contribution in [2.75, 3.05) is 31.6 Å². The first-order valence-electron chi connectivity index (χ1n) is 11.6. The van der Waals surface area contributed by atoms with Crippen LogP contribution in [0.2, 0.25) is 0 Å². The molecule has 1 saturated heterocycles. The van der Waals surface area contributed by atoms with E-state index in [1.54, 1.807) is 42.9 Å². The summed E-state index contributed by atoms with van der Waals surface area (Å²) < 4.78 is 40.6. The number of para-hydroxylation sites is 1. The van der Waals surface area contributed by atoms with Crippen LogP contribution in [0, 0.1) is 6.92 Å². The molecule has 0 spiro atoms. The van der Waals surface area contributed by atoms with Crippen LogP contribution in [0.4, 0.5) is 5.69 Å². The number of benzene rings is 2. The normalized spacial score (nSPS) is 15.2. The number of rotatable bonds is 7. The van der Waals surface area contributed by atoms with Crippen LogP contribution in [-0.4, -0.2) is 66.4 Å². The molecule has 1 amide bonds. The maximum atomic E-state index is 13.0. The Morgan fingerprint density at radius 2 is 1.73 bits per heavy atom. The molecule has 2 aromatic carbocycles. The van der Waals surface area contributed by atoms with Crippen LogP contribution < -0.4 is 10.9 Å². The summed E-state index contributed by atoms with van der Waals surface area (Å²) >= 11 is 0. The lowest BCUT2D eigenvalue weighted by atomic mass is 10.2. The van der Waals surface area contributed by atoms with Gasteiger partial charge in [0.1, 0.15) is 5.69 Å². The Hall–Kier alpha value is -3.74. The number of carbonyl (C=O) groups excluding carboxylic acids is 2. The number of amides is 1. The lowest BCUT2D eigenvalue weighted by molar-refractivity contribution is -0.123. The van der Waals surface area contributed by atoms with Crippen LogP contribution in [-0.2, 0) is 31.3 Å². The molecule has 0 radical (unpaired) electrons. The number of ether oxygens (including phenoxy) is 2. The van der Waals surface area contributed by atoms with E-state index in [0.717, 1.165) is 0 Å². The van der Waals surface area contributed by atoms with Crippen molar-refractivity contribution in [2.24, 2.45) is 7.05 Å². The molecule has 1 aliphatic rings. The zero-order valence-electron chi connectivity index (χ0n) is 20.7. The molecular formula is C25H28N4O7S. The molecule has 4 rings (SSSR count). The Labute approximate surface area is 214 Å². The third kappa shape index (κ3) is 5.36. The molecule has 0 saturated carbocycles. The first kappa shape index (κ1) is 26.3. The van der Waals surface area contributed by atoms with Crippen molar-refractivity contribution >= 4 is 27.6 Å². The standard InChI is InChI=1S/C25H28N4O7S/c1-17-22(24(31)29(27(17)3)20-9-5-4-6-10-20)26-23(30)18(2)36-25(32)19-8-7-11-21(16-19)37(33,34)28-12-14-35-15-13-28/h4-11,16,18H,12-15H2,1-3H3,(H,26,30)/t18-/m1/s1. The zero-order chi connectivity index (χ0) is 26.7. The second-order valence-electron chi connectivity index (χ2n) is 8.52. The maximum absolute atomic E-state index is 13.0. The minimum absolute atomic E-state index is 0.0173. The molecule has 0 aliphatic carbocycles. The van der Waals surface area contributed by atoms with Gasteiger partial charge < -0.3 is 14.8 Å². The van der Waals surface area contributed by atoms with E-state index >= 15 is 0 Å². The zero-order valence-corrected chi connectivity index (χ0v) is 21.5. The molecule has 196 valence electrons. The molecule has 0 bridgehead atoms. The quantitative estimate of drug-likeness (QED) is 0.462. The van der Waals surface area contributed by atoms with E-state index in [9.17, 15) is 22.8 Å². The monoisotopic (exact) mass is 528 g/mol. The number of morpholine rings is 1. The van der Waals surface area contributed by atoms with Crippen molar-refractivity contribution in [1.29, 1.82) is 0 Å². The number of esters is 1. The smallest absolute Gasteiger partial charge is 0.338 e. The Kier molecular flexibility index (Phi) is 7.62. The van der Waals surface area contributed by atoms with Crippen LogP contribution in [0.15, 0.2) is 64.3 Å². The van der Waals surface area contributed by atoms with Gasteiger partial charge in [-0.05, 0) is 44.2 Å².